The minimum absolute atomic E-state index is 0.118. The molecule has 2 aliphatic rings. The molecular formula is C10H15N9O. The number of rotatable bonds is 3. The second-order valence-electron chi connectivity index (χ2n) is 4.50. The largest absolute Gasteiger partial charge is 0.370 e. The lowest BCUT2D eigenvalue weighted by atomic mass is 10.5. The minimum atomic E-state index is -0.713. The van der Waals surface area contributed by atoms with Crippen molar-refractivity contribution in [1.82, 2.24) is 25.4 Å². The van der Waals surface area contributed by atoms with E-state index in [0.29, 0.717) is 6.54 Å². The molecule has 106 valence electrons. The number of carbonyl (C=O) groups is 1. The number of nitrogens with two attached hydrogens (primary N) is 1. The molecule has 10 heteroatoms. The number of carbonyl (C=O) groups excluding carboxylic acids is 1. The number of aromatic nitrogens is 2. The number of amidine groups is 1. The Kier molecular flexibility index (Phi) is 3.08. The Balaban J connectivity index is 1.65. The summed E-state index contributed by atoms with van der Waals surface area (Å²) in [5, 5.41) is 9.48. The average molecular weight is 277 g/mol. The smallest absolute Gasteiger partial charge is 0.266 e. The second-order valence-corrected chi connectivity index (χ2v) is 4.50. The molecule has 1 aromatic heterocycles. The van der Waals surface area contributed by atoms with Crippen molar-refractivity contribution in [2.45, 2.75) is 12.5 Å². The molecule has 0 radical (unpaired) electrons. The maximum Gasteiger partial charge on any atom is 0.266 e. The molecule has 0 fully saturated rings. The van der Waals surface area contributed by atoms with Gasteiger partial charge in [0.05, 0.1) is 12.7 Å². The van der Waals surface area contributed by atoms with Crippen LogP contribution in [0, 0.1) is 0 Å². The van der Waals surface area contributed by atoms with E-state index in [0.717, 1.165) is 5.84 Å². The molecule has 5 N–H and O–H groups in total. The Morgan fingerprint density at radius 3 is 3.00 bits per heavy atom. The van der Waals surface area contributed by atoms with E-state index >= 15 is 0 Å². The van der Waals surface area contributed by atoms with E-state index in [1.807, 2.05) is 18.0 Å². The van der Waals surface area contributed by atoms with Crippen LogP contribution in [-0.4, -0.2) is 58.5 Å². The van der Waals surface area contributed by atoms with Crippen molar-refractivity contribution >= 4 is 17.7 Å². The number of hydrogen-bond acceptors (Lipinski definition) is 8. The van der Waals surface area contributed by atoms with Crippen LogP contribution in [0.15, 0.2) is 28.4 Å². The van der Waals surface area contributed by atoms with Gasteiger partial charge in [0.1, 0.15) is 5.84 Å². The zero-order valence-corrected chi connectivity index (χ0v) is 10.8. The Bertz CT molecular complexity index is 563. The van der Waals surface area contributed by atoms with Crippen molar-refractivity contribution < 1.29 is 4.79 Å². The molecule has 0 saturated carbocycles. The van der Waals surface area contributed by atoms with E-state index in [2.05, 4.69) is 31.1 Å². The highest BCUT2D eigenvalue weighted by molar-refractivity contribution is 6.03. The molecule has 0 aliphatic carbocycles. The van der Waals surface area contributed by atoms with E-state index in [9.17, 15) is 4.79 Å². The number of guanidine groups is 1. The lowest BCUT2D eigenvalue weighted by Gasteiger charge is -2.19. The van der Waals surface area contributed by atoms with Crippen molar-refractivity contribution in [3.05, 3.63) is 18.5 Å². The molecule has 3 rings (SSSR count). The molecule has 0 saturated heterocycles. The quantitative estimate of drug-likeness (QED) is 0.481. The van der Waals surface area contributed by atoms with Gasteiger partial charge in [0.15, 0.2) is 18.4 Å². The summed E-state index contributed by atoms with van der Waals surface area (Å²) in [7, 11) is 1.89. The maximum absolute atomic E-state index is 11.6. The SMILES string of the molecule is CN1CC(Nn2cccn2)=NC1NC1N=C(N)NC1=O. The van der Waals surface area contributed by atoms with Crippen LogP contribution in [0.5, 0.6) is 0 Å². The van der Waals surface area contributed by atoms with Gasteiger partial charge >= 0.3 is 0 Å². The van der Waals surface area contributed by atoms with Gasteiger partial charge in [-0.05, 0) is 13.1 Å². The predicted octanol–water partition coefficient (Wildman–Crippen LogP) is -2.59. The van der Waals surface area contributed by atoms with Crippen LogP contribution in [-0.2, 0) is 4.79 Å². The topological polar surface area (TPSA) is 125 Å². The van der Waals surface area contributed by atoms with Gasteiger partial charge in [-0.1, -0.05) is 0 Å². The highest BCUT2D eigenvalue weighted by Crippen LogP contribution is 2.07. The fourth-order valence-corrected chi connectivity index (χ4v) is 1.98. The molecule has 0 bridgehead atoms. The number of amides is 1. The van der Waals surface area contributed by atoms with Gasteiger partial charge in [0.25, 0.3) is 5.91 Å². The standard InChI is InChI=1S/C10H15N9O/c1-18-5-6(17-19-4-2-3-12-19)13-10(18)15-7-8(20)16-9(11)14-7/h2-4,7,10,15H,5H2,1H3,(H,13,17)(H3,11,14,16,20). The first-order valence-electron chi connectivity index (χ1n) is 6.05. The number of nitrogens with one attached hydrogen (secondary N) is 3. The van der Waals surface area contributed by atoms with Crippen molar-refractivity contribution in [2.24, 2.45) is 15.7 Å². The summed E-state index contributed by atoms with van der Waals surface area (Å²) in [4.78, 5) is 23.4. The van der Waals surface area contributed by atoms with Gasteiger partial charge in [0.2, 0.25) is 0 Å². The number of likely N-dealkylation sites (N-methyl/N-ethyl adjacent to an activating group) is 1. The van der Waals surface area contributed by atoms with E-state index in [-0.39, 0.29) is 18.2 Å². The first-order chi connectivity index (χ1) is 9.61. The Hall–Kier alpha value is -2.46. The number of nitrogens with zero attached hydrogens (tertiary/aromatic N) is 5. The molecule has 0 aromatic carbocycles. The van der Waals surface area contributed by atoms with Crippen LogP contribution in [0.4, 0.5) is 0 Å². The van der Waals surface area contributed by atoms with Gasteiger partial charge in [-0.2, -0.15) is 9.89 Å². The summed E-state index contributed by atoms with van der Waals surface area (Å²) in [6.45, 7) is 0.602. The summed E-state index contributed by atoms with van der Waals surface area (Å²) in [6, 6.07) is 1.81. The molecule has 1 amide bonds. The first kappa shape index (κ1) is 12.6. The first-order valence-corrected chi connectivity index (χ1v) is 6.05. The molecule has 1 aromatic rings. The van der Waals surface area contributed by atoms with E-state index in [1.165, 1.54) is 0 Å². The average Bonchev–Trinajstić information content (AvgIpc) is 3.06. The van der Waals surface area contributed by atoms with E-state index in [4.69, 9.17) is 5.73 Å². The zero-order valence-electron chi connectivity index (χ0n) is 10.8. The van der Waals surface area contributed by atoms with Crippen LogP contribution in [0.1, 0.15) is 0 Å². The maximum atomic E-state index is 11.6. The number of hydrogen-bond donors (Lipinski definition) is 4. The summed E-state index contributed by atoms with van der Waals surface area (Å²) in [5.74, 6) is 0.579. The summed E-state index contributed by atoms with van der Waals surface area (Å²) in [5.41, 5.74) is 8.49. The summed E-state index contributed by atoms with van der Waals surface area (Å²) >= 11 is 0. The number of aliphatic imine (C=N–C) groups is 2. The van der Waals surface area contributed by atoms with Crippen molar-refractivity contribution in [1.29, 1.82) is 0 Å². The molecule has 0 spiro atoms. The molecule has 20 heavy (non-hydrogen) atoms. The minimum Gasteiger partial charge on any atom is -0.370 e. The van der Waals surface area contributed by atoms with Crippen LogP contribution >= 0.6 is 0 Å². The van der Waals surface area contributed by atoms with Gasteiger partial charge in [0, 0.05) is 6.20 Å². The van der Waals surface area contributed by atoms with Gasteiger partial charge in [-0.3, -0.25) is 25.8 Å². The zero-order chi connectivity index (χ0) is 14.1. The lowest BCUT2D eigenvalue weighted by molar-refractivity contribution is -0.121. The van der Waals surface area contributed by atoms with Gasteiger partial charge in [-0.25, -0.2) is 9.98 Å². The molecule has 2 atom stereocenters. The highest BCUT2D eigenvalue weighted by atomic mass is 16.2. The Morgan fingerprint density at radius 2 is 2.35 bits per heavy atom. The van der Waals surface area contributed by atoms with Crippen LogP contribution in [0.2, 0.25) is 0 Å². The van der Waals surface area contributed by atoms with Crippen molar-refractivity contribution in [3.63, 3.8) is 0 Å². The predicted molar refractivity (Wildman–Crippen MR) is 72.1 cm³/mol. The Labute approximate surface area is 114 Å². The fraction of sp³-hybridized carbons (Fsp3) is 0.400. The molecule has 2 aliphatic heterocycles. The lowest BCUT2D eigenvalue weighted by Crippen LogP contribution is -2.48. The summed E-state index contributed by atoms with van der Waals surface area (Å²) < 4.78 is 0. The van der Waals surface area contributed by atoms with Gasteiger partial charge < -0.3 is 5.73 Å². The highest BCUT2D eigenvalue weighted by Gasteiger charge is 2.31. The second kappa shape index (κ2) is 4.90. The molecule has 2 unspecified atom stereocenters. The van der Waals surface area contributed by atoms with Crippen molar-refractivity contribution in [2.75, 3.05) is 19.0 Å². The Morgan fingerprint density at radius 1 is 1.50 bits per heavy atom. The van der Waals surface area contributed by atoms with Crippen molar-refractivity contribution in [3.8, 4) is 0 Å². The normalized spacial score (nSPS) is 26.4. The van der Waals surface area contributed by atoms with E-state index < -0.39 is 6.17 Å². The third-order valence-corrected chi connectivity index (χ3v) is 2.92. The third-order valence-electron chi connectivity index (χ3n) is 2.92. The molecule has 10 nitrogen and oxygen atoms in total. The van der Waals surface area contributed by atoms with E-state index in [1.54, 1.807) is 17.2 Å². The summed E-state index contributed by atoms with van der Waals surface area (Å²) in [6.07, 6.45) is 2.38. The van der Waals surface area contributed by atoms with Crippen LogP contribution in [0.3, 0.4) is 0 Å². The van der Waals surface area contributed by atoms with Crippen LogP contribution < -0.4 is 21.8 Å². The molecular weight excluding hydrogens is 262 g/mol. The molecule has 3 heterocycles. The fourth-order valence-electron chi connectivity index (χ4n) is 1.98. The third kappa shape index (κ3) is 2.46. The monoisotopic (exact) mass is 277 g/mol. The van der Waals surface area contributed by atoms with Crippen LogP contribution in [0.25, 0.3) is 0 Å². The van der Waals surface area contributed by atoms with Gasteiger partial charge in [-0.15, -0.1) is 0 Å².